The molecule has 0 aliphatic heterocycles. The van der Waals surface area contributed by atoms with Gasteiger partial charge in [0.15, 0.2) is 0 Å². The van der Waals surface area contributed by atoms with Crippen molar-refractivity contribution in [2.24, 2.45) is 23.6 Å². The minimum atomic E-state index is 0.370. The van der Waals surface area contributed by atoms with Crippen molar-refractivity contribution >= 4 is 0 Å². The van der Waals surface area contributed by atoms with E-state index in [0.29, 0.717) is 12.1 Å². The molecule has 0 saturated heterocycles. The largest absolute Gasteiger partial charge is 0.271 e. The van der Waals surface area contributed by atoms with Gasteiger partial charge in [0.25, 0.3) is 0 Å². The summed E-state index contributed by atoms with van der Waals surface area (Å²) in [6, 6.07) is 2.93. The van der Waals surface area contributed by atoms with E-state index in [0.717, 1.165) is 29.9 Å². The van der Waals surface area contributed by atoms with Crippen molar-refractivity contribution in [1.82, 2.24) is 15.2 Å². The van der Waals surface area contributed by atoms with Crippen LogP contribution in [0.1, 0.15) is 57.7 Å². The van der Waals surface area contributed by atoms with Crippen LogP contribution in [0.15, 0.2) is 12.3 Å². The van der Waals surface area contributed by atoms with E-state index in [1.165, 1.54) is 32.1 Å². The Morgan fingerprint density at radius 1 is 1.40 bits per heavy atom. The van der Waals surface area contributed by atoms with Gasteiger partial charge in [0.1, 0.15) is 0 Å². The second-order valence-electron chi connectivity index (χ2n) is 7.12. The fraction of sp³-hybridized carbons (Fsp3) is 0.812. The minimum Gasteiger partial charge on any atom is -0.271 e. The predicted molar refractivity (Wildman–Crippen MR) is 81.0 cm³/mol. The first-order valence-electron chi connectivity index (χ1n) is 8.16. The summed E-state index contributed by atoms with van der Waals surface area (Å²) in [6.07, 6.45) is 10.1. The third-order valence-corrected chi connectivity index (χ3v) is 5.36. The number of nitrogens with one attached hydrogen (secondary N) is 1. The van der Waals surface area contributed by atoms with Gasteiger partial charge in [-0.15, -0.1) is 0 Å². The van der Waals surface area contributed by atoms with E-state index in [4.69, 9.17) is 5.84 Å². The average molecular weight is 276 g/mol. The summed E-state index contributed by atoms with van der Waals surface area (Å²) in [5.74, 6) is 8.66. The summed E-state index contributed by atoms with van der Waals surface area (Å²) < 4.78 is 2.03. The van der Waals surface area contributed by atoms with Crippen LogP contribution >= 0.6 is 0 Å². The number of hydrogen-bond donors (Lipinski definition) is 2. The summed E-state index contributed by atoms with van der Waals surface area (Å²) in [4.78, 5) is 0. The molecule has 20 heavy (non-hydrogen) atoms. The minimum absolute atomic E-state index is 0.370. The van der Waals surface area contributed by atoms with Crippen LogP contribution in [0, 0.1) is 17.8 Å². The van der Waals surface area contributed by atoms with E-state index >= 15 is 0 Å². The SMILES string of the molecule is CC(C)n1ccc(CC(CC2CC3CCC2C3)NN)n1. The molecule has 4 unspecified atom stereocenters. The number of hydrogen-bond acceptors (Lipinski definition) is 3. The molecule has 0 aromatic carbocycles. The van der Waals surface area contributed by atoms with Crippen molar-refractivity contribution in [1.29, 1.82) is 0 Å². The van der Waals surface area contributed by atoms with Crippen molar-refractivity contribution < 1.29 is 0 Å². The molecule has 0 spiro atoms. The molecule has 2 saturated carbocycles. The first-order valence-corrected chi connectivity index (χ1v) is 8.16. The zero-order valence-electron chi connectivity index (χ0n) is 12.8. The summed E-state index contributed by atoms with van der Waals surface area (Å²) in [7, 11) is 0. The molecule has 112 valence electrons. The van der Waals surface area contributed by atoms with E-state index in [1.807, 2.05) is 4.68 Å². The fourth-order valence-electron chi connectivity index (χ4n) is 4.27. The van der Waals surface area contributed by atoms with E-state index in [-0.39, 0.29) is 0 Å². The molecule has 4 nitrogen and oxygen atoms in total. The second kappa shape index (κ2) is 5.86. The lowest BCUT2D eigenvalue weighted by atomic mass is 9.83. The molecule has 2 fully saturated rings. The first kappa shape index (κ1) is 14.1. The molecule has 1 aromatic rings. The molecule has 2 bridgehead atoms. The maximum absolute atomic E-state index is 5.78. The molecule has 4 atom stereocenters. The number of nitrogens with zero attached hydrogens (tertiary/aromatic N) is 2. The van der Waals surface area contributed by atoms with Gasteiger partial charge in [0, 0.05) is 24.7 Å². The molecule has 4 heteroatoms. The maximum atomic E-state index is 5.78. The lowest BCUT2D eigenvalue weighted by Gasteiger charge is -2.26. The van der Waals surface area contributed by atoms with Crippen molar-refractivity contribution in [3.05, 3.63) is 18.0 Å². The number of rotatable bonds is 6. The van der Waals surface area contributed by atoms with Gasteiger partial charge in [0.2, 0.25) is 0 Å². The van der Waals surface area contributed by atoms with Gasteiger partial charge in [-0.3, -0.25) is 16.0 Å². The quantitative estimate of drug-likeness (QED) is 0.620. The van der Waals surface area contributed by atoms with Crippen molar-refractivity contribution in [2.75, 3.05) is 0 Å². The van der Waals surface area contributed by atoms with Crippen molar-refractivity contribution in [2.45, 2.75) is 64.5 Å². The van der Waals surface area contributed by atoms with Crippen molar-refractivity contribution in [3.63, 3.8) is 0 Å². The third-order valence-electron chi connectivity index (χ3n) is 5.36. The summed E-state index contributed by atoms with van der Waals surface area (Å²) in [5.41, 5.74) is 4.18. The van der Waals surface area contributed by atoms with E-state index in [1.54, 1.807) is 0 Å². The number of nitrogens with two attached hydrogens (primary N) is 1. The summed E-state index contributed by atoms with van der Waals surface area (Å²) in [5, 5.41) is 4.64. The highest BCUT2D eigenvalue weighted by Gasteiger charge is 2.40. The van der Waals surface area contributed by atoms with Crippen LogP contribution in [0.3, 0.4) is 0 Å². The van der Waals surface area contributed by atoms with E-state index in [2.05, 4.69) is 36.6 Å². The van der Waals surface area contributed by atoms with Gasteiger partial charge < -0.3 is 0 Å². The summed E-state index contributed by atoms with van der Waals surface area (Å²) >= 11 is 0. The molecule has 1 aromatic heterocycles. The standard InChI is InChI=1S/C16H28N4/c1-11(2)20-6-5-15(19-20)10-16(18-17)9-14-8-12-3-4-13(14)7-12/h5-6,11-14,16,18H,3-4,7-10,17H2,1-2H3. The Hall–Kier alpha value is -0.870. The van der Waals surface area contributed by atoms with Crippen LogP contribution in [-0.4, -0.2) is 15.8 Å². The van der Waals surface area contributed by atoms with E-state index in [9.17, 15) is 0 Å². The normalized spacial score (nSPS) is 30.3. The van der Waals surface area contributed by atoms with Gasteiger partial charge >= 0.3 is 0 Å². The molecule has 1 heterocycles. The monoisotopic (exact) mass is 276 g/mol. The zero-order chi connectivity index (χ0) is 14.1. The Morgan fingerprint density at radius 2 is 2.25 bits per heavy atom. The van der Waals surface area contributed by atoms with Crippen LogP contribution in [0.25, 0.3) is 0 Å². The maximum Gasteiger partial charge on any atom is 0.0640 e. The molecule has 0 amide bonds. The number of aromatic nitrogens is 2. The Kier molecular flexibility index (Phi) is 4.13. The van der Waals surface area contributed by atoms with Crippen LogP contribution in [-0.2, 0) is 6.42 Å². The fourth-order valence-corrected chi connectivity index (χ4v) is 4.27. The highest BCUT2D eigenvalue weighted by molar-refractivity contribution is 5.03. The van der Waals surface area contributed by atoms with Crippen LogP contribution in [0.5, 0.6) is 0 Å². The van der Waals surface area contributed by atoms with Crippen LogP contribution in [0.2, 0.25) is 0 Å². The Balaban J connectivity index is 1.56. The number of fused-ring (bicyclic) bond motifs is 2. The highest BCUT2D eigenvalue weighted by atomic mass is 15.3. The topological polar surface area (TPSA) is 55.9 Å². The van der Waals surface area contributed by atoms with Gasteiger partial charge in [-0.2, -0.15) is 5.10 Å². The predicted octanol–water partition coefficient (Wildman–Crippen LogP) is 2.66. The lowest BCUT2D eigenvalue weighted by Crippen LogP contribution is -2.39. The van der Waals surface area contributed by atoms with Gasteiger partial charge in [-0.05, 0) is 63.4 Å². The Morgan fingerprint density at radius 3 is 2.80 bits per heavy atom. The molecule has 2 aliphatic rings. The lowest BCUT2D eigenvalue weighted by molar-refractivity contribution is 0.276. The third kappa shape index (κ3) is 2.91. The highest BCUT2D eigenvalue weighted by Crippen LogP contribution is 2.49. The first-order chi connectivity index (χ1) is 9.65. The Bertz CT molecular complexity index is 439. The van der Waals surface area contributed by atoms with Gasteiger partial charge in [0.05, 0.1) is 5.69 Å². The molecule has 3 N–H and O–H groups in total. The number of hydrazine groups is 1. The smallest absolute Gasteiger partial charge is 0.0640 e. The zero-order valence-corrected chi connectivity index (χ0v) is 12.8. The van der Waals surface area contributed by atoms with Gasteiger partial charge in [-0.25, -0.2) is 0 Å². The Labute approximate surface area is 122 Å². The molecule has 2 aliphatic carbocycles. The van der Waals surface area contributed by atoms with Crippen molar-refractivity contribution in [3.8, 4) is 0 Å². The second-order valence-corrected chi connectivity index (χ2v) is 7.12. The van der Waals surface area contributed by atoms with Gasteiger partial charge in [-0.1, -0.05) is 6.42 Å². The average Bonchev–Trinajstić information content (AvgIpc) is 3.13. The summed E-state index contributed by atoms with van der Waals surface area (Å²) in [6.45, 7) is 4.31. The molecular formula is C16H28N4. The van der Waals surface area contributed by atoms with E-state index < -0.39 is 0 Å². The molecule has 0 radical (unpaired) electrons. The van der Waals surface area contributed by atoms with Crippen LogP contribution in [0.4, 0.5) is 0 Å². The molecule has 3 rings (SSSR count). The van der Waals surface area contributed by atoms with Crippen LogP contribution < -0.4 is 11.3 Å². The molecular weight excluding hydrogens is 248 g/mol.